The van der Waals surface area contributed by atoms with Gasteiger partial charge in [0, 0.05) is 19.8 Å². The maximum atomic E-state index is 12.5. The molecule has 2 aromatic heterocycles. The van der Waals surface area contributed by atoms with Crippen LogP contribution in [0, 0.1) is 0 Å². The van der Waals surface area contributed by atoms with Crippen LogP contribution in [0.3, 0.4) is 0 Å². The van der Waals surface area contributed by atoms with Crippen molar-refractivity contribution in [1.29, 1.82) is 0 Å². The van der Waals surface area contributed by atoms with E-state index in [4.69, 9.17) is 14.8 Å². The molecule has 4 rings (SSSR count). The molecule has 4 aromatic rings. The number of carbonyl (C=O) groups excluding carboxylic acids is 1. The number of pyridine rings is 1. The minimum atomic E-state index is -0.497. The Morgan fingerprint density at radius 1 is 1.12 bits per heavy atom. The van der Waals surface area contributed by atoms with Gasteiger partial charge in [-0.15, -0.1) is 0 Å². The van der Waals surface area contributed by atoms with Crippen molar-refractivity contribution in [2.24, 2.45) is 4.99 Å². The van der Waals surface area contributed by atoms with Crippen molar-refractivity contribution in [3.8, 4) is 16.8 Å². The fourth-order valence-electron chi connectivity index (χ4n) is 3.81. The van der Waals surface area contributed by atoms with Gasteiger partial charge < -0.3 is 9.64 Å². The molecule has 7 heteroatoms. The maximum absolute atomic E-state index is 12.5. The molecule has 2 heterocycles. The van der Waals surface area contributed by atoms with Gasteiger partial charge in [0.2, 0.25) is 0 Å². The molecule has 0 fully saturated rings. The van der Waals surface area contributed by atoms with Gasteiger partial charge in [0.25, 0.3) is 0 Å². The summed E-state index contributed by atoms with van der Waals surface area (Å²) in [6.45, 7) is 7.79. The fraction of sp³-hybridized carbons (Fsp3) is 0.231. The SMILES string of the molecule is C=Nc1ccc(-c2cc(C(=O)OC)nc3c2c(C(C)C)nn3-c2cccc(N(C)C)c2)cc1. The summed E-state index contributed by atoms with van der Waals surface area (Å²) in [6.07, 6.45) is 0. The summed E-state index contributed by atoms with van der Waals surface area (Å²) in [5.41, 5.74) is 6.23. The molecular formula is C26H27N5O2. The Kier molecular flexibility index (Phi) is 5.96. The highest BCUT2D eigenvalue weighted by Crippen LogP contribution is 2.36. The average Bonchev–Trinajstić information content (AvgIpc) is 3.23. The Morgan fingerprint density at radius 3 is 2.45 bits per heavy atom. The average molecular weight is 442 g/mol. The van der Waals surface area contributed by atoms with Crippen LogP contribution in [0.5, 0.6) is 0 Å². The Morgan fingerprint density at radius 2 is 1.85 bits per heavy atom. The number of ether oxygens (including phenoxy) is 1. The van der Waals surface area contributed by atoms with E-state index in [0.717, 1.165) is 39.3 Å². The van der Waals surface area contributed by atoms with Gasteiger partial charge in [0.15, 0.2) is 11.3 Å². The fourth-order valence-corrected chi connectivity index (χ4v) is 3.81. The number of hydrogen-bond donors (Lipinski definition) is 0. The predicted molar refractivity (Wildman–Crippen MR) is 133 cm³/mol. The predicted octanol–water partition coefficient (Wildman–Crippen LogP) is 5.40. The lowest BCUT2D eigenvalue weighted by atomic mass is 9.97. The lowest BCUT2D eigenvalue weighted by Gasteiger charge is -2.14. The first-order valence-electron chi connectivity index (χ1n) is 10.7. The topological polar surface area (TPSA) is 72.6 Å². The van der Waals surface area contributed by atoms with E-state index in [0.29, 0.717) is 5.65 Å². The van der Waals surface area contributed by atoms with Crippen LogP contribution in [-0.2, 0) is 4.74 Å². The number of aromatic nitrogens is 3. The number of nitrogens with zero attached hydrogens (tertiary/aromatic N) is 5. The molecule has 0 atom stereocenters. The molecule has 0 saturated carbocycles. The molecule has 0 saturated heterocycles. The monoisotopic (exact) mass is 441 g/mol. The van der Waals surface area contributed by atoms with Crippen LogP contribution in [0.4, 0.5) is 11.4 Å². The number of hydrogen-bond acceptors (Lipinski definition) is 6. The quantitative estimate of drug-likeness (QED) is 0.296. The smallest absolute Gasteiger partial charge is 0.356 e. The molecule has 33 heavy (non-hydrogen) atoms. The molecule has 0 N–H and O–H groups in total. The van der Waals surface area contributed by atoms with Gasteiger partial charge in [-0.1, -0.05) is 32.0 Å². The Balaban J connectivity index is 2.08. The van der Waals surface area contributed by atoms with Crippen LogP contribution in [0.2, 0.25) is 0 Å². The number of methoxy groups -OCH3 is 1. The standard InChI is InChI=1S/C26H27N5O2/c1-16(2)24-23-21(17-10-12-18(27-3)13-11-17)15-22(26(32)33-6)28-25(23)31(29-24)20-9-7-8-19(14-20)30(4)5/h7-16H,3H2,1-2,4-6H3. The van der Waals surface area contributed by atoms with Gasteiger partial charge in [-0.2, -0.15) is 5.10 Å². The zero-order valence-electron chi connectivity index (χ0n) is 19.5. The van der Waals surface area contributed by atoms with E-state index in [-0.39, 0.29) is 11.6 Å². The highest BCUT2D eigenvalue weighted by molar-refractivity contribution is 6.00. The number of benzene rings is 2. The van der Waals surface area contributed by atoms with Crippen molar-refractivity contribution in [3.05, 3.63) is 66.0 Å². The molecule has 0 radical (unpaired) electrons. The number of aliphatic imine (C=N–C) groups is 1. The third-order valence-electron chi connectivity index (χ3n) is 5.56. The third kappa shape index (κ3) is 4.09. The molecule has 0 aliphatic rings. The van der Waals surface area contributed by atoms with Gasteiger partial charge in [0.1, 0.15) is 0 Å². The number of carbonyl (C=O) groups is 1. The van der Waals surface area contributed by atoms with E-state index in [1.807, 2.05) is 72.2 Å². The highest BCUT2D eigenvalue weighted by Gasteiger charge is 2.23. The van der Waals surface area contributed by atoms with Crippen LogP contribution in [0.15, 0.2) is 59.6 Å². The molecule has 0 bridgehead atoms. The number of anilines is 1. The second-order valence-corrected chi connectivity index (χ2v) is 8.32. The lowest BCUT2D eigenvalue weighted by Crippen LogP contribution is -2.10. The third-order valence-corrected chi connectivity index (χ3v) is 5.56. The first-order valence-corrected chi connectivity index (χ1v) is 10.7. The normalized spacial score (nSPS) is 11.1. The van der Waals surface area contributed by atoms with E-state index in [1.165, 1.54) is 7.11 Å². The summed E-state index contributed by atoms with van der Waals surface area (Å²) >= 11 is 0. The molecule has 0 spiro atoms. The Bertz CT molecular complexity index is 1340. The van der Waals surface area contributed by atoms with Crippen molar-refractivity contribution in [2.75, 3.05) is 26.1 Å². The van der Waals surface area contributed by atoms with E-state index < -0.39 is 5.97 Å². The van der Waals surface area contributed by atoms with Crippen molar-refractivity contribution < 1.29 is 9.53 Å². The lowest BCUT2D eigenvalue weighted by molar-refractivity contribution is 0.0594. The van der Waals surface area contributed by atoms with Crippen LogP contribution < -0.4 is 4.90 Å². The van der Waals surface area contributed by atoms with Crippen LogP contribution in [-0.4, -0.2) is 48.7 Å². The van der Waals surface area contributed by atoms with E-state index in [9.17, 15) is 4.79 Å². The summed E-state index contributed by atoms with van der Waals surface area (Å²) in [4.78, 5) is 23.2. The number of fused-ring (bicyclic) bond motifs is 1. The van der Waals surface area contributed by atoms with Gasteiger partial charge in [0.05, 0.1) is 29.6 Å². The molecule has 0 aliphatic carbocycles. The van der Waals surface area contributed by atoms with Crippen LogP contribution in [0.1, 0.15) is 35.9 Å². The summed E-state index contributed by atoms with van der Waals surface area (Å²) in [5.74, 6) is -0.354. The minimum absolute atomic E-state index is 0.143. The van der Waals surface area contributed by atoms with E-state index in [1.54, 1.807) is 6.07 Å². The zero-order chi connectivity index (χ0) is 23.7. The van der Waals surface area contributed by atoms with Crippen molar-refractivity contribution >= 4 is 35.1 Å². The molecule has 168 valence electrons. The van der Waals surface area contributed by atoms with Gasteiger partial charge in [-0.25, -0.2) is 14.5 Å². The van der Waals surface area contributed by atoms with Gasteiger partial charge >= 0.3 is 5.97 Å². The molecule has 0 unspecified atom stereocenters. The number of rotatable bonds is 6. The Labute approximate surface area is 193 Å². The van der Waals surface area contributed by atoms with Crippen molar-refractivity contribution in [3.63, 3.8) is 0 Å². The first kappa shape index (κ1) is 22.2. The van der Waals surface area contributed by atoms with Crippen LogP contribution >= 0.6 is 0 Å². The van der Waals surface area contributed by atoms with Crippen molar-refractivity contribution in [2.45, 2.75) is 19.8 Å². The van der Waals surface area contributed by atoms with Gasteiger partial charge in [-0.05, 0) is 60.2 Å². The minimum Gasteiger partial charge on any atom is -0.464 e. The number of esters is 1. The zero-order valence-corrected chi connectivity index (χ0v) is 19.5. The summed E-state index contributed by atoms with van der Waals surface area (Å²) in [6, 6.07) is 17.6. The molecular weight excluding hydrogens is 414 g/mol. The van der Waals surface area contributed by atoms with E-state index >= 15 is 0 Å². The summed E-state index contributed by atoms with van der Waals surface area (Å²) in [5, 5.41) is 5.87. The Hall–Kier alpha value is -4.00. The maximum Gasteiger partial charge on any atom is 0.356 e. The molecule has 7 nitrogen and oxygen atoms in total. The molecule has 2 aromatic carbocycles. The van der Waals surface area contributed by atoms with E-state index in [2.05, 4.69) is 25.6 Å². The second-order valence-electron chi connectivity index (χ2n) is 8.32. The molecule has 0 amide bonds. The largest absolute Gasteiger partial charge is 0.464 e. The second kappa shape index (κ2) is 8.86. The van der Waals surface area contributed by atoms with Crippen molar-refractivity contribution in [1.82, 2.24) is 14.8 Å². The van der Waals surface area contributed by atoms with Gasteiger partial charge in [-0.3, -0.25) is 4.99 Å². The van der Waals surface area contributed by atoms with Crippen LogP contribution in [0.25, 0.3) is 27.8 Å². The molecule has 0 aliphatic heterocycles. The summed E-state index contributed by atoms with van der Waals surface area (Å²) in [7, 11) is 5.34. The first-order chi connectivity index (χ1) is 15.8. The highest BCUT2D eigenvalue weighted by atomic mass is 16.5. The summed E-state index contributed by atoms with van der Waals surface area (Å²) < 4.78 is 6.81.